The average molecular weight is 389 g/mol. The topological polar surface area (TPSA) is 84.5 Å². The summed E-state index contributed by atoms with van der Waals surface area (Å²) in [5, 5.41) is 5.68. The van der Waals surface area contributed by atoms with Crippen molar-refractivity contribution in [3.63, 3.8) is 0 Å². The number of anilines is 2. The van der Waals surface area contributed by atoms with E-state index in [0.717, 1.165) is 0 Å². The molecule has 0 heterocycles. The monoisotopic (exact) mass is 388 g/mol. The third kappa shape index (κ3) is 5.02. The molecule has 0 unspecified atom stereocenters. The normalized spacial score (nSPS) is 11.0. The van der Waals surface area contributed by atoms with Crippen LogP contribution in [0.15, 0.2) is 47.4 Å². The predicted octanol–water partition coefficient (Wildman–Crippen LogP) is 4.31. The number of ether oxygens (including phenoxy) is 1. The van der Waals surface area contributed by atoms with Gasteiger partial charge in [-0.2, -0.15) is 0 Å². The molecule has 2 aromatic rings. The van der Waals surface area contributed by atoms with Gasteiger partial charge >= 0.3 is 6.03 Å². The van der Waals surface area contributed by atoms with Gasteiger partial charge < -0.3 is 15.4 Å². The van der Waals surface area contributed by atoms with E-state index in [-0.39, 0.29) is 10.6 Å². The van der Waals surface area contributed by atoms with Gasteiger partial charge in [0.25, 0.3) is 9.05 Å². The van der Waals surface area contributed by atoms with Crippen LogP contribution in [0.25, 0.3) is 0 Å². The first-order chi connectivity index (χ1) is 11.3. The molecule has 6 nitrogen and oxygen atoms in total. The van der Waals surface area contributed by atoms with Crippen LogP contribution in [0.4, 0.5) is 16.2 Å². The van der Waals surface area contributed by atoms with Crippen LogP contribution in [0.1, 0.15) is 6.92 Å². The number of hydrogen-bond acceptors (Lipinski definition) is 4. The number of nitrogens with one attached hydrogen (secondary N) is 2. The van der Waals surface area contributed by atoms with Crippen molar-refractivity contribution in [2.45, 2.75) is 11.8 Å². The van der Waals surface area contributed by atoms with Crippen LogP contribution < -0.4 is 15.4 Å². The molecule has 0 aliphatic carbocycles. The molecule has 0 aliphatic rings. The van der Waals surface area contributed by atoms with E-state index in [9.17, 15) is 13.2 Å². The van der Waals surface area contributed by atoms with Gasteiger partial charge in [0.05, 0.1) is 17.2 Å². The van der Waals surface area contributed by atoms with Gasteiger partial charge in [-0.15, -0.1) is 0 Å². The van der Waals surface area contributed by atoms with E-state index < -0.39 is 15.1 Å². The Hall–Kier alpha value is -1.96. The number of amides is 2. The minimum atomic E-state index is -3.93. The Bertz CT molecular complexity index is 839. The second-order valence-corrected chi connectivity index (χ2v) is 7.62. The van der Waals surface area contributed by atoms with Gasteiger partial charge in [-0.25, -0.2) is 13.2 Å². The van der Waals surface area contributed by atoms with Gasteiger partial charge in [-0.05, 0) is 49.4 Å². The Morgan fingerprint density at radius 2 is 1.79 bits per heavy atom. The standard InChI is InChI=1S/C15H14Cl2N2O4S/c1-2-23-14-8-7-12(24(17,21)22)9-13(14)19-15(20)18-11-5-3-10(16)4-6-11/h3-9H,2H2,1H3,(H2,18,19,20). The van der Waals surface area contributed by atoms with E-state index in [1.54, 1.807) is 31.2 Å². The second-order valence-electron chi connectivity index (χ2n) is 4.61. The molecule has 0 saturated carbocycles. The van der Waals surface area contributed by atoms with Crippen molar-refractivity contribution in [3.05, 3.63) is 47.5 Å². The average Bonchev–Trinajstić information content (AvgIpc) is 2.50. The summed E-state index contributed by atoms with van der Waals surface area (Å²) in [5.41, 5.74) is 0.709. The number of carbonyl (C=O) groups is 1. The fourth-order valence-corrected chi connectivity index (χ4v) is 2.76. The van der Waals surface area contributed by atoms with Gasteiger partial charge in [-0.1, -0.05) is 11.6 Å². The molecule has 0 bridgehead atoms. The largest absolute Gasteiger partial charge is 0.492 e. The summed E-state index contributed by atoms with van der Waals surface area (Å²) >= 11 is 5.78. The lowest BCUT2D eigenvalue weighted by molar-refractivity contribution is 0.262. The molecule has 24 heavy (non-hydrogen) atoms. The molecule has 2 rings (SSSR count). The Balaban J connectivity index is 2.22. The third-order valence-electron chi connectivity index (χ3n) is 2.88. The van der Waals surface area contributed by atoms with Crippen LogP contribution in [-0.4, -0.2) is 21.1 Å². The summed E-state index contributed by atoms with van der Waals surface area (Å²) in [6.45, 7) is 2.12. The van der Waals surface area contributed by atoms with E-state index in [0.29, 0.717) is 23.1 Å². The Morgan fingerprint density at radius 3 is 2.38 bits per heavy atom. The predicted molar refractivity (Wildman–Crippen MR) is 94.7 cm³/mol. The molecule has 0 aliphatic heterocycles. The molecule has 2 N–H and O–H groups in total. The molecular weight excluding hydrogens is 375 g/mol. The first kappa shape index (κ1) is 18.4. The zero-order valence-corrected chi connectivity index (χ0v) is 14.9. The number of rotatable bonds is 5. The highest BCUT2D eigenvalue weighted by atomic mass is 35.7. The quantitative estimate of drug-likeness (QED) is 0.747. The summed E-state index contributed by atoms with van der Waals surface area (Å²) in [7, 11) is 1.41. The lowest BCUT2D eigenvalue weighted by Gasteiger charge is -2.13. The summed E-state index contributed by atoms with van der Waals surface area (Å²) < 4.78 is 28.3. The molecule has 128 valence electrons. The van der Waals surface area contributed by atoms with Gasteiger partial charge in [0.15, 0.2) is 0 Å². The second kappa shape index (κ2) is 7.74. The van der Waals surface area contributed by atoms with E-state index >= 15 is 0 Å². The fraction of sp³-hybridized carbons (Fsp3) is 0.133. The van der Waals surface area contributed by atoms with Crippen molar-refractivity contribution in [2.24, 2.45) is 0 Å². The number of urea groups is 1. The number of hydrogen-bond donors (Lipinski definition) is 2. The van der Waals surface area contributed by atoms with Gasteiger partial charge in [0.1, 0.15) is 5.75 Å². The van der Waals surface area contributed by atoms with Crippen molar-refractivity contribution >= 4 is 48.7 Å². The minimum Gasteiger partial charge on any atom is -0.492 e. The molecule has 0 saturated heterocycles. The SMILES string of the molecule is CCOc1ccc(S(=O)(=O)Cl)cc1NC(=O)Nc1ccc(Cl)cc1. The fourth-order valence-electron chi connectivity index (χ4n) is 1.86. The summed E-state index contributed by atoms with van der Waals surface area (Å²) in [6, 6.07) is 9.91. The highest BCUT2D eigenvalue weighted by Crippen LogP contribution is 2.29. The first-order valence-corrected chi connectivity index (χ1v) is 9.53. The van der Waals surface area contributed by atoms with Gasteiger partial charge in [0, 0.05) is 21.4 Å². The highest BCUT2D eigenvalue weighted by Gasteiger charge is 2.15. The van der Waals surface area contributed by atoms with E-state index in [4.69, 9.17) is 27.0 Å². The molecule has 2 aromatic carbocycles. The van der Waals surface area contributed by atoms with Crippen LogP contribution in [-0.2, 0) is 9.05 Å². The van der Waals surface area contributed by atoms with Crippen LogP contribution >= 0.6 is 22.3 Å². The van der Waals surface area contributed by atoms with Gasteiger partial charge in [-0.3, -0.25) is 0 Å². The first-order valence-electron chi connectivity index (χ1n) is 6.84. The van der Waals surface area contributed by atoms with Crippen molar-refractivity contribution < 1.29 is 17.9 Å². The molecule has 0 aromatic heterocycles. The van der Waals surface area contributed by atoms with E-state index in [1.165, 1.54) is 18.2 Å². The van der Waals surface area contributed by atoms with Crippen LogP contribution in [0.3, 0.4) is 0 Å². The molecule has 2 amide bonds. The maximum absolute atomic E-state index is 12.1. The molecule has 0 atom stereocenters. The number of benzene rings is 2. The zero-order valence-electron chi connectivity index (χ0n) is 12.5. The molecule has 0 radical (unpaired) electrons. The Kier molecular flexibility index (Phi) is 5.93. The number of halogens is 2. The molecule has 0 spiro atoms. The van der Waals surface area contributed by atoms with Crippen LogP contribution in [0, 0.1) is 0 Å². The van der Waals surface area contributed by atoms with E-state index in [1.807, 2.05) is 0 Å². The van der Waals surface area contributed by atoms with Crippen molar-refractivity contribution in [1.29, 1.82) is 0 Å². The summed E-state index contributed by atoms with van der Waals surface area (Å²) in [6.07, 6.45) is 0. The Morgan fingerprint density at radius 1 is 1.12 bits per heavy atom. The van der Waals surface area contributed by atoms with Crippen LogP contribution in [0.5, 0.6) is 5.75 Å². The molecule has 0 fully saturated rings. The smallest absolute Gasteiger partial charge is 0.323 e. The van der Waals surface area contributed by atoms with Crippen LogP contribution in [0.2, 0.25) is 5.02 Å². The maximum atomic E-state index is 12.1. The Labute approximate surface area is 149 Å². The summed E-state index contributed by atoms with van der Waals surface area (Å²) in [5.74, 6) is 0.327. The third-order valence-corrected chi connectivity index (χ3v) is 4.49. The summed E-state index contributed by atoms with van der Waals surface area (Å²) in [4.78, 5) is 11.9. The molecular formula is C15H14Cl2N2O4S. The zero-order chi connectivity index (χ0) is 17.7. The van der Waals surface area contributed by atoms with Crippen molar-refractivity contribution in [1.82, 2.24) is 0 Å². The minimum absolute atomic E-state index is 0.144. The highest BCUT2D eigenvalue weighted by molar-refractivity contribution is 8.13. The van der Waals surface area contributed by atoms with Gasteiger partial charge in [0.2, 0.25) is 0 Å². The molecule has 9 heteroatoms. The number of carbonyl (C=O) groups excluding carboxylic acids is 1. The van der Waals surface area contributed by atoms with E-state index in [2.05, 4.69) is 10.6 Å². The maximum Gasteiger partial charge on any atom is 0.323 e. The van der Waals surface area contributed by atoms with Crippen molar-refractivity contribution in [3.8, 4) is 5.75 Å². The lowest BCUT2D eigenvalue weighted by atomic mass is 10.3. The van der Waals surface area contributed by atoms with Crippen molar-refractivity contribution in [2.75, 3.05) is 17.2 Å². The lowest BCUT2D eigenvalue weighted by Crippen LogP contribution is -2.20.